The Morgan fingerprint density at radius 1 is 1.17 bits per heavy atom. The van der Waals surface area contributed by atoms with Crippen LogP contribution >= 0.6 is 34.3 Å². The first-order valence-corrected chi connectivity index (χ1v) is 9.12. The molecule has 0 unspecified atom stereocenters. The molecule has 0 aliphatic rings. The van der Waals surface area contributed by atoms with Gasteiger partial charge in [-0.15, -0.1) is 23.0 Å². The van der Waals surface area contributed by atoms with Crippen molar-refractivity contribution in [3.63, 3.8) is 0 Å². The van der Waals surface area contributed by atoms with E-state index in [0.29, 0.717) is 6.54 Å². The summed E-state index contributed by atoms with van der Waals surface area (Å²) < 4.78 is 2.09. The number of hydrogen-bond donors (Lipinski definition) is 0. The summed E-state index contributed by atoms with van der Waals surface area (Å²) in [7, 11) is 0. The maximum atomic E-state index is 5.97. The fourth-order valence-electron chi connectivity index (χ4n) is 2.06. The van der Waals surface area contributed by atoms with Gasteiger partial charge in [0.15, 0.2) is 0 Å². The van der Waals surface area contributed by atoms with E-state index in [4.69, 9.17) is 11.6 Å². The van der Waals surface area contributed by atoms with Gasteiger partial charge in [0.1, 0.15) is 0 Å². The zero-order valence-corrected chi connectivity index (χ0v) is 14.6. The number of hydrogen-bond acceptors (Lipinski definition) is 4. The van der Waals surface area contributed by atoms with Crippen LogP contribution in [-0.4, -0.2) is 10.8 Å². The minimum absolute atomic E-state index is 0.675. The minimum atomic E-state index is 0.675. The van der Waals surface area contributed by atoms with Crippen molar-refractivity contribution in [2.24, 2.45) is 10.2 Å². The Hall–Kier alpha value is -1.95. The molecule has 116 valence electrons. The molecule has 2 aromatic heterocycles. The molecule has 0 saturated carbocycles. The Bertz CT molecular complexity index is 871. The summed E-state index contributed by atoms with van der Waals surface area (Å²) in [5.74, 6) is 0. The molecular weight excluding hydrogens is 346 g/mol. The second-order valence-electron chi connectivity index (χ2n) is 4.71. The Morgan fingerprint density at radius 2 is 2.00 bits per heavy atom. The highest BCUT2D eigenvalue weighted by atomic mass is 35.5. The number of nitrogens with zero attached hydrogens (tertiary/aromatic N) is 3. The van der Waals surface area contributed by atoms with Gasteiger partial charge in [0.05, 0.1) is 11.9 Å². The molecule has 0 amide bonds. The fourth-order valence-corrected chi connectivity index (χ4v) is 3.67. The first kappa shape index (κ1) is 15.9. The minimum Gasteiger partial charge on any atom is -0.311 e. The highest BCUT2D eigenvalue weighted by Crippen LogP contribution is 2.22. The molecule has 0 N–H and O–H groups in total. The Morgan fingerprint density at radius 3 is 2.70 bits per heavy atom. The van der Waals surface area contributed by atoms with Gasteiger partial charge in [0.25, 0.3) is 0 Å². The molecule has 0 bridgehead atoms. The van der Waals surface area contributed by atoms with E-state index in [1.54, 1.807) is 28.9 Å². The molecule has 0 saturated heterocycles. The molecule has 0 spiro atoms. The third-order valence-corrected chi connectivity index (χ3v) is 4.95. The monoisotopic (exact) mass is 359 g/mol. The quantitative estimate of drug-likeness (QED) is 0.346. The summed E-state index contributed by atoms with van der Waals surface area (Å²) in [6, 6.07) is 9.79. The third kappa shape index (κ3) is 3.88. The molecule has 3 nitrogen and oxygen atoms in total. The van der Waals surface area contributed by atoms with Crippen molar-refractivity contribution in [3.05, 3.63) is 74.5 Å². The molecule has 3 rings (SSSR count). The van der Waals surface area contributed by atoms with Crippen LogP contribution in [0.3, 0.4) is 0 Å². The summed E-state index contributed by atoms with van der Waals surface area (Å²) in [5, 5.41) is 15.4. The molecule has 6 heteroatoms. The Kier molecular flexibility index (Phi) is 5.23. The molecule has 1 aromatic carbocycles. The van der Waals surface area contributed by atoms with Crippen molar-refractivity contribution in [1.82, 2.24) is 4.57 Å². The number of thiazole rings is 1. The van der Waals surface area contributed by atoms with Gasteiger partial charge in [0.2, 0.25) is 4.80 Å². The van der Waals surface area contributed by atoms with Crippen LogP contribution < -0.4 is 4.80 Å². The van der Waals surface area contributed by atoms with Crippen LogP contribution in [0.5, 0.6) is 0 Å². The van der Waals surface area contributed by atoms with E-state index in [2.05, 4.69) is 26.7 Å². The van der Waals surface area contributed by atoms with Crippen LogP contribution in [0.15, 0.2) is 69.3 Å². The predicted octanol–water partition coefficient (Wildman–Crippen LogP) is 5.05. The fraction of sp³-hybridized carbons (Fsp3) is 0.0588. The van der Waals surface area contributed by atoms with Crippen LogP contribution in [0.25, 0.3) is 11.3 Å². The van der Waals surface area contributed by atoms with E-state index >= 15 is 0 Å². The first-order chi connectivity index (χ1) is 11.3. The highest BCUT2D eigenvalue weighted by molar-refractivity contribution is 7.08. The van der Waals surface area contributed by atoms with E-state index in [1.807, 2.05) is 47.2 Å². The third-order valence-electron chi connectivity index (χ3n) is 3.14. The molecule has 0 atom stereocenters. The van der Waals surface area contributed by atoms with Crippen molar-refractivity contribution in [2.75, 3.05) is 0 Å². The number of aromatic nitrogens is 1. The number of thiophene rings is 1. The van der Waals surface area contributed by atoms with Gasteiger partial charge in [-0.2, -0.15) is 16.4 Å². The second kappa shape index (κ2) is 7.55. The SMILES string of the molecule is C=CCn1c(-c2ccc(Cl)cc2)cs/c1=N\N=C\c1ccsc1. The largest absolute Gasteiger partial charge is 0.311 e. The molecule has 3 aromatic rings. The lowest BCUT2D eigenvalue weighted by atomic mass is 10.2. The van der Waals surface area contributed by atoms with Gasteiger partial charge in [-0.1, -0.05) is 29.8 Å². The first-order valence-electron chi connectivity index (χ1n) is 6.92. The van der Waals surface area contributed by atoms with Crippen molar-refractivity contribution in [1.29, 1.82) is 0 Å². The predicted molar refractivity (Wildman–Crippen MR) is 100 cm³/mol. The van der Waals surface area contributed by atoms with E-state index in [0.717, 1.165) is 26.6 Å². The number of allylic oxidation sites excluding steroid dienone is 1. The second-order valence-corrected chi connectivity index (χ2v) is 6.76. The lowest BCUT2D eigenvalue weighted by Crippen LogP contribution is -2.14. The molecule has 0 aliphatic carbocycles. The lowest BCUT2D eigenvalue weighted by molar-refractivity contribution is 0.789. The Labute approximate surface area is 147 Å². The van der Waals surface area contributed by atoms with Crippen molar-refractivity contribution < 1.29 is 0 Å². The summed E-state index contributed by atoms with van der Waals surface area (Å²) >= 11 is 9.16. The topological polar surface area (TPSA) is 29.6 Å². The van der Waals surface area contributed by atoms with E-state index < -0.39 is 0 Å². The summed E-state index contributed by atoms with van der Waals surface area (Å²) in [6.07, 6.45) is 3.62. The number of rotatable bonds is 5. The average molecular weight is 360 g/mol. The van der Waals surface area contributed by atoms with Crippen molar-refractivity contribution in [2.45, 2.75) is 6.54 Å². The van der Waals surface area contributed by atoms with E-state index in [9.17, 15) is 0 Å². The van der Waals surface area contributed by atoms with Gasteiger partial charge in [-0.05, 0) is 34.5 Å². The smallest absolute Gasteiger partial charge is 0.211 e. The summed E-state index contributed by atoms with van der Waals surface area (Å²) in [4.78, 5) is 0.835. The van der Waals surface area contributed by atoms with Crippen LogP contribution in [0.2, 0.25) is 5.02 Å². The maximum absolute atomic E-state index is 5.97. The molecule has 0 radical (unpaired) electrons. The standard InChI is InChI=1S/C17H14ClN3S2/c1-2-8-21-16(14-3-5-15(18)6-4-14)12-23-17(21)20-19-10-13-7-9-22-11-13/h2-7,9-12H,1,8H2/b19-10+,20-17-. The van der Waals surface area contributed by atoms with Crippen LogP contribution in [0.4, 0.5) is 0 Å². The van der Waals surface area contributed by atoms with E-state index in [1.165, 1.54) is 0 Å². The summed E-state index contributed by atoms with van der Waals surface area (Å²) in [6.45, 7) is 4.51. The number of halogens is 1. The van der Waals surface area contributed by atoms with Gasteiger partial charge in [-0.3, -0.25) is 0 Å². The maximum Gasteiger partial charge on any atom is 0.211 e. The van der Waals surface area contributed by atoms with Crippen molar-refractivity contribution in [3.8, 4) is 11.3 Å². The Balaban J connectivity index is 1.98. The summed E-state index contributed by atoms with van der Waals surface area (Å²) in [5.41, 5.74) is 3.23. The van der Waals surface area contributed by atoms with Crippen LogP contribution in [0, 0.1) is 0 Å². The van der Waals surface area contributed by atoms with Crippen molar-refractivity contribution >= 4 is 40.5 Å². The van der Waals surface area contributed by atoms with Crippen LogP contribution in [-0.2, 0) is 6.54 Å². The lowest BCUT2D eigenvalue weighted by Gasteiger charge is -2.06. The molecule has 0 aliphatic heterocycles. The highest BCUT2D eigenvalue weighted by Gasteiger charge is 2.06. The zero-order valence-electron chi connectivity index (χ0n) is 12.2. The normalized spacial score (nSPS) is 12.1. The average Bonchev–Trinajstić information content (AvgIpc) is 3.20. The van der Waals surface area contributed by atoms with E-state index in [-0.39, 0.29) is 0 Å². The zero-order chi connectivity index (χ0) is 16.1. The van der Waals surface area contributed by atoms with Gasteiger partial charge >= 0.3 is 0 Å². The molecule has 23 heavy (non-hydrogen) atoms. The van der Waals surface area contributed by atoms with Gasteiger partial charge in [0, 0.05) is 22.5 Å². The van der Waals surface area contributed by atoms with Gasteiger partial charge < -0.3 is 4.57 Å². The molecular formula is C17H14ClN3S2. The van der Waals surface area contributed by atoms with Crippen LogP contribution in [0.1, 0.15) is 5.56 Å². The molecule has 0 fully saturated rings. The van der Waals surface area contributed by atoms with Gasteiger partial charge in [-0.25, -0.2) is 0 Å². The molecule has 2 heterocycles. The number of benzene rings is 1.